The number of thioether (sulfide) groups is 1. The maximum absolute atomic E-state index is 5.52. The van der Waals surface area contributed by atoms with Crippen molar-refractivity contribution in [1.82, 2.24) is 10.6 Å². The molecule has 24 heavy (non-hydrogen) atoms. The summed E-state index contributed by atoms with van der Waals surface area (Å²) in [5.74, 6) is 0.968. The van der Waals surface area contributed by atoms with Crippen LogP contribution < -0.4 is 10.6 Å². The van der Waals surface area contributed by atoms with Gasteiger partial charge in [-0.15, -0.1) is 24.0 Å². The lowest BCUT2D eigenvalue weighted by Gasteiger charge is -2.34. The summed E-state index contributed by atoms with van der Waals surface area (Å²) < 4.78 is 5.77. The number of ether oxygens (including phenoxy) is 1. The molecule has 0 aromatic heterocycles. The summed E-state index contributed by atoms with van der Waals surface area (Å²) >= 11 is 1.95. The summed E-state index contributed by atoms with van der Waals surface area (Å²) in [4.78, 5) is 4.88. The Kier molecular flexibility index (Phi) is 14.7. The van der Waals surface area contributed by atoms with Crippen LogP contribution in [0.5, 0.6) is 0 Å². The van der Waals surface area contributed by atoms with E-state index >= 15 is 0 Å². The molecule has 1 unspecified atom stereocenters. The van der Waals surface area contributed by atoms with Crippen molar-refractivity contribution in [3.8, 4) is 0 Å². The topological polar surface area (TPSA) is 45.7 Å². The van der Waals surface area contributed by atoms with Crippen LogP contribution in [-0.4, -0.2) is 49.3 Å². The number of nitrogens with zero attached hydrogens (tertiary/aromatic N) is 1. The van der Waals surface area contributed by atoms with Crippen LogP contribution in [0.4, 0.5) is 0 Å². The fourth-order valence-electron chi connectivity index (χ4n) is 2.90. The highest BCUT2D eigenvalue weighted by atomic mass is 127. The number of aliphatic imine (C=N–C) groups is 1. The quantitative estimate of drug-likeness (QED) is 0.214. The molecule has 1 aliphatic heterocycles. The normalized spacial score (nSPS) is 18.6. The van der Waals surface area contributed by atoms with Crippen molar-refractivity contribution < 1.29 is 4.74 Å². The fraction of sp³-hybridized carbons (Fsp3) is 0.944. The molecule has 0 amide bonds. The molecule has 2 N–H and O–H groups in total. The van der Waals surface area contributed by atoms with E-state index < -0.39 is 0 Å². The van der Waals surface area contributed by atoms with E-state index in [4.69, 9.17) is 9.73 Å². The number of nitrogens with one attached hydrogen (secondary N) is 2. The van der Waals surface area contributed by atoms with Crippen LogP contribution in [-0.2, 0) is 4.74 Å². The highest BCUT2D eigenvalue weighted by molar-refractivity contribution is 14.0. The van der Waals surface area contributed by atoms with E-state index in [0.717, 1.165) is 45.1 Å². The third-order valence-electron chi connectivity index (χ3n) is 4.58. The van der Waals surface area contributed by atoms with Gasteiger partial charge in [0.05, 0.1) is 6.54 Å². The molecule has 1 aliphatic rings. The van der Waals surface area contributed by atoms with E-state index in [1.54, 1.807) is 0 Å². The molecule has 6 heteroatoms. The molecule has 0 aromatic carbocycles. The summed E-state index contributed by atoms with van der Waals surface area (Å²) in [6.07, 6.45) is 10.9. The first-order valence-corrected chi connectivity index (χ1v) is 10.6. The molecule has 1 saturated heterocycles. The van der Waals surface area contributed by atoms with Gasteiger partial charge in [-0.05, 0) is 39.4 Å². The van der Waals surface area contributed by atoms with Crippen molar-refractivity contribution in [2.45, 2.75) is 76.5 Å². The van der Waals surface area contributed by atoms with Crippen LogP contribution in [0.15, 0.2) is 4.99 Å². The SMILES string of the molecule is CCCCCCC(C)NC(=NCC1(SC)CCOCC1)NCC.I. The second-order valence-corrected chi connectivity index (χ2v) is 7.86. The fourth-order valence-corrected chi connectivity index (χ4v) is 3.66. The van der Waals surface area contributed by atoms with Gasteiger partial charge in [0.1, 0.15) is 0 Å². The lowest BCUT2D eigenvalue weighted by molar-refractivity contribution is 0.0794. The molecule has 1 rings (SSSR count). The van der Waals surface area contributed by atoms with Crippen molar-refractivity contribution in [2.24, 2.45) is 4.99 Å². The van der Waals surface area contributed by atoms with E-state index in [-0.39, 0.29) is 28.7 Å². The number of rotatable bonds is 10. The number of hydrogen-bond donors (Lipinski definition) is 2. The Morgan fingerprint density at radius 1 is 1.21 bits per heavy atom. The molecule has 0 aliphatic carbocycles. The van der Waals surface area contributed by atoms with Crippen LogP contribution in [0.3, 0.4) is 0 Å². The molecule has 0 radical (unpaired) electrons. The Labute approximate surface area is 170 Å². The van der Waals surface area contributed by atoms with Gasteiger partial charge in [-0.25, -0.2) is 0 Å². The summed E-state index contributed by atoms with van der Waals surface area (Å²) in [6, 6.07) is 0.476. The number of unbranched alkanes of at least 4 members (excludes halogenated alkanes) is 3. The standard InChI is InChI=1S/C18H37N3OS.HI/c1-5-7-8-9-10-16(3)21-17(19-6-2)20-15-18(23-4)11-13-22-14-12-18;/h16H,5-15H2,1-4H3,(H2,19,20,21);1H. The average Bonchev–Trinajstić information content (AvgIpc) is 2.58. The van der Waals surface area contributed by atoms with E-state index in [1.165, 1.54) is 32.1 Å². The maximum Gasteiger partial charge on any atom is 0.191 e. The minimum atomic E-state index is 0. The van der Waals surface area contributed by atoms with Gasteiger partial charge in [0.2, 0.25) is 0 Å². The van der Waals surface area contributed by atoms with Crippen molar-refractivity contribution in [2.75, 3.05) is 32.6 Å². The van der Waals surface area contributed by atoms with E-state index in [9.17, 15) is 0 Å². The van der Waals surface area contributed by atoms with Crippen LogP contribution in [0.25, 0.3) is 0 Å². The number of hydrogen-bond acceptors (Lipinski definition) is 3. The van der Waals surface area contributed by atoms with Gasteiger partial charge in [0.15, 0.2) is 5.96 Å². The third kappa shape index (κ3) is 9.70. The minimum absolute atomic E-state index is 0. The summed E-state index contributed by atoms with van der Waals surface area (Å²) in [6.45, 7) is 10.2. The molecule has 1 fully saturated rings. The van der Waals surface area contributed by atoms with Gasteiger partial charge in [-0.3, -0.25) is 4.99 Å². The van der Waals surface area contributed by atoms with Gasteiger partial charge in [-0.1, -0.05) is 32.6 Å². The molecule has 0 bridgehead atoms. The van der Waals surface area contributed by atoms with Gasteiger partial charge < -0.3 is 15.4 Å². The number of guanidine groups is 1. The zero-order valence-corrected chi connectivity index (χ0v) is 19.2. The zero-order valence-electron chi connectivity index (χ0n) is 16.0. The minimum Gasteiger partial charge on any atom is -0.381 e. The van der Waals surface area contributed by atoms with Gasteiger partial charge in [-0.2, -0.15) is 11.8 Å². The molecular weight excluding hydrogens is 433 g/mol. The van der Waals surface area contributed by atoms with Gasteiger partial charge in [0, 0.05) is 30.5 Å². The molecule has 0 aromatic rings. The molecule has 1 atom stereocenters. The van der Waals surface area contributed by atoms with Crippen LogP contribution in [0.1, 0.15) is 65.7 Å². The Morgan fingerprint density at radius 3 is 2.50 bits per heavy atom. The van der Waals surface area contributed by atoms with E-state index in [0.29, 0.717) is 6.04 Å². The Morgan fingerprint density at radius 2 is 1.92 bits per heavy atom. The molecular formula is C18H38IN3OS. The third-order valence-corrected chi connectivity index (χ3v) is 5.98. The van der Waals surface area contributed by atoms with E-state index in [1.807, 2.05) is 11.8 Å². The van der Waals surface area contributed by atoms with Crippen molar-refractivity contribution in [3.05, 3.63) is 0 Å². The summed E-state index contributed by atoms with van der Waals surface area (Å²) in [5.41, 5.74) is 0. The monoisotopic (exact) mass is 471 g/mol. The maximum atomic E-state index is 5.52. The Balaban J connectivity index is 0.00000529. The predicted octanol–water partition coefficient (Wildman–Crippen LogP) is 4.43. The van der Waals surface area contributed by atoms with Crippen molar-refractivity contribution in [3.63, 3.8) is 0 Å². The second-order valence-electron chi connectivity index (χ2n) is 6.59. The zero-order chi connectivity index (χ0) is 17.0. The van der Waals surface area contributed by atoms with Crippen LogP contribution in [0, 0.1) is 0 Å². The highest BCUT2D eigenvalue weighted by Gasteiger charge is 2.31. The van der Waals surface area contributed by atoms with Gasteiger partial charge >= 0.3 is 0 Å². The van der Waals surface area contributed by atoms with Crippen molar-refractivity contribution >= 4 is 41.7 Å². The lowest BCUT2D eigenvalue weighted by atomic mass is 9.99. The first kappa shape index (κ1) is 24.3. The highest BCUT2D eigenvalue weighted by Crippen LogP contribution is 2.33. The van der Waals surface area contributed by atoms with Crippen LogP contribution in [0.2, 0.25) is 0 Å². The molecule has 144 valence electrons. The first-order valence-electron chi connectivity index (χ1n) is 9.33. The lowest BCUT2D eigenvalue weighted by Crippen LogP contribution is -2.44. The van der Waals surface area contributed by atoms with Crippen LogP contribution >= 0.6 is 35.7 Å². The Bertz CT molecular complexity index is 336. The summed E-state index contributed by atoms with van der Waals surface area (Å²) in [5, 5.41) is 6.97. The van der Waals surface area contributed by atoms with E-state index in [2.05, 4.69) is 37.7 Å². The molecule has 1 heterocycles. The van der Waals surface area contributed by atoms with Crippen molar-refractivity contribution in [1.29, 1.82) is 0 Å². The molecule has 4 nitrogen and oxygen atoms in total. The van der Waals surface area contributed by atoms with Gasteiger partial charge in [0.25, 0.3) is 0 Å². The second kappa shape index (κ2) is 14.5. The predicted molar refractivity (Wildman–Crippen MR) is 119 cm³/mol. The number of halogens is 1. The molecule has 0 saturated carbocycles. The average molecular weight is 471 g/mol. The summed E-state index contributed by atoms with van der Waals surface area (Å²) in [7, 11) is 0. The first-order chi connectivity index (χ1) is 11.2. The largest absolute Gasteiger partial charge is 0.381 e. The Hall–Kier alpha value is 0.310. The smallest absolute Gasteiger partial charge is 0.191 e. The molecule has 0 spiro atoms.